The van der Waals surface area contributed by atoms with E-state index in [9.17, 15) is 9.59 Å². The van der Waals surface area contributed by atoms with Crippen LogP contribution >= 0.6 is 0 Å². The first-order valence-electron chi connectivity index (χ1n) is 3.20. The van der Waals surface area contributed by atoms with Crippen LogP contribution in [0.3, 0.4) is 0 Å². The zero-order chi connectivity index (χ0) is 9.14. The zero-order valence-corrected chi connectivity index (χ0v) is 6.33. The third-order valence-corrected chi connectivity index (χ3v) is 1.19. The number of carbonyl (C=O) groups excluding carboxylic acids is 1. The lowest BCUT2D eigenvalue weighted by atomic mass is 10.3. The lowest BCUT2D eigenvalue weighted by molar-refractivity contribution is -0.136. The Kier molecular flexibility index (Phi) is 2.12. The van der Waals surface area contributed by atoms with Crippen LogP contribution in [-0.2, 0) is 14.3 Å². The number of carboxylic acid groups (broad SMARTS) is 1. The second-order valence-electron chi connectivity index (χ2n) is 2.13. The molecule has 0 aliphatic carbocycles. The largest absolute Gasteiger partial charge is 0.475 e. The SMILES string of the molecule is CC(=O)C1=C=CC=C(C(=O)O)O1. The minimum Gasteiger partial charge on any atom is -0.475 e. The van der Waals surface area contributed by atoms with E-state index in [4.69, 9.17) is 9.84 Å². The summed E-state index contributed by atoms with van der Waals surface area (Å²) in [5.41, 5.74) is 2.48. The first kappa shape index (κ1) is 8.30. The summed E-state index contributed by atoms with van der Waals surface area (Å²) in [5, 5.41) is 8.47. The highest BCUT2D eigenvalue weighted by molar-refractivity contribution is 5.93. The number of ether oxygens (including phenoxy) is 1. The van der Waals surface area contributed by atoms with Gasteiger partial charge in [0.1, 0.15) is 0 Å². The van der Waals surface area contributed by atoms with Gasteiger partial charge in [-0.2, -0.15) is 0 Å². The van der Waals surface area contributed by atoms with Crippen LogP contribution in [0.5, 0.6) is 0 Å². The van der Waals surface area contributed by atoms with Gasteiger partial charge in [-0.05, 0) is 12.2 Å². The van der Waals surface area contributed by atoms with Crippen molar-refractivity contribution in [2.75, 3.05) is 0 Å². The van der Waals surface area contributed by atoms with E-state index in [1.807, 2.05) is 0 Å². The van der Waals surface area contributed by atoms with Crippen molar-refractivity contribution in [3.63, 3.8) is 0 Å². The van der Waals surface area contributed by atoms with Gasteiger partial charge in [0.15, 0.2) is 0 Å². The fraction of sp³-hybridized carbons (Fsp3) is 0.125. The van der Waals surface area contributed by atoms with Crippen molar-refractivity contribution in [2.45, 2.75) is 6.92 Å². The average molecular weight is 166 g/mol. The summed E-state index contributed by atoms with van der Waals surface area (Å²) in [6.45, 7) is 1.28. The van der Waals surface area contributed by atoms with Gasteiger partial charge in [-0.25, -0.2) is 4.79 Å². The zero-order valence-electron chi connectivity index (χ0n) is 6.33. The number of carboxylic acids is 1. The maximum absolute atomic E-state index is 10.7. The maximum Gasteiger partial charge on any atom is 0.371 e. The van der Waals surface area contributed by atoms with Gasteiger partial charge in [-0.15, -0.1) is 0 Å². The van der Waals surface area contributed by atoms with Gasteiger partial charge in [0.05, 0.1) is 0 Å². The Labute approximate surface area is 68.5 Å². The summed E-state index contributed by atoms with van der Waals surface area (Å²) in [5.74, 6) is -1.89. The summed E-state index contributed by atoms with van der Waals surface area (Å²) in [4.78, 5) is 21.1. The molecule has 4 heteroatoms. The van der Waals surface area contributed by atoms with Crippen LogP contribution in [0.1, 0.15) is 6.92 Å². The van der Waals surface area contributed by atoms with Gasteiger partial charge in [0.25, 0.3) is 0 Å². The number of rotatable bonds is 2. The fourth-order valence-corrected chi connectivity index (χ4v) is 0.655. The fourth-order valence-electron chi connectivity index (χ4n) is 0.655. The maximum atomic E-state index is 10.7. The minimum atomic E-state index is -1.20. The normalized spacial score (nSPS) is 14.4. The molecule has 0 atom stereocenters. The van der Waals surface area contributed by atoms with Gasteiger partial charge in [-0.1, -0.05) is 5.73 Å². The van der Waals surface area contributed by atoms with E-state index >= 15 is 0 Å². The molecule has 0 aromatic carbocycles. The first-order valence-corrected chi connectivity index (χ1v) is 3.20. The van der Waals surface area contributed by atoms with Crippen LogP contribution in [0.25, 0.3) is 0 Å². The molecule has 1 aliphatic heterocycles. The quantitative estimate of drug-likeness (QED) is 0.610. The van der Waals surface area contributed by atoms with Crippen LogP contribution in [0.4, 0.5) is 0 Å². The topological polar surface area (TPSA) is 63.6 Å². The highest BCUT2D eigenvalue weighted by Gasteiger charge is 2.15. The van der Waals surface area contributed by atoms with Crippen LogP contribution in [0.15, 0.2) is 29.4 Å². The predicted molar refractivity (Wildman–Crippen MR) is 39.1 cm³/mol. The van der Waals surface area contributed by atoms with E-state index in [-0.39, 0.29) is 17.3 Å². The molecular formula is C8H6O4. The van der Waals surface area contributed by atoms with Gasteiger partial charge in [-0.3, -0.25) is 4.79 Å². The van der Waals surface area contributed by atoms with Crippen molar-refractivity contribution in [1.82, 2.24) is 0 Å². The van der Waals surface area contributed by atoms with E-state index in [1.54, 1.807) is 0 Å². The molecule has 0 spiro atoms. The van der Waals surface area contributed by atoms with Crippen LogP contribution < -0.4 is 0 Å². The van der Waals surface area contributed by atoms with Crippen molar-refractivity contribution in [3.8, 4) is 0 Å². The Morgan fingerprint density at radius 3 is 2.75 bits per heavy atom. The van der Waals surface area contributed by atoms with E-state index < -0.39 is 5.97 Å². The van der Waals surface area contributed by atoms with Crippen molar-refractivity contribution in [1.29, 1.82) is 0 Å². The van der Waals surface area contributed by atoms with E-state index in [0.29, 0.717) is 0 Å². The molecule has 0 saturated heterocycles. The van der Waals surface area contributed by atoms with E-state index in [1.165, 1.54) is 19.1 Å². The first-order chi connectivity index (χ1) is 5.61. The number of Topliss-reactive ketones (excluding diaryl/α,β-unsaturated/α-hetero) is 1. The molecule has 0 saturated carbocycles. The summed E-state index contributed by atoms with van der Waals surface area (Å²) in [6.07, 6.45) is 2.57. The molecule has 0 amide bonds. The second kappa shape index (κ2) is 3.07. The lowest BCUT2D eigenvalue weighted by Gasteiger charge is -2.06. The number of aliphatic carboxylic acids is 1. The number of ketones is 1. The van der Waals surface area contributed by atoms with E-state index in [2.05, 4.69) is 5.73 Å². The predicted octanol–water partition coefficient (Wildman–Crippen LogP) is 0.613. The number of allylic oxidation sites excluding steroid dienone is 2. The molecule has 0 radical (unpaired) electrons. The lowest BCUT2D eigenvalue weighted by Crippen LogP contribution is -2.09. The molecule has 0 fully saturated rings. The van der Waals surface area contributed by atoms with Gasteiger partial charge in [0, 0.05) is 6.92 Å². The van der Waals surface area contributed by atoms with Gasteiger partial charge >= 0.3 is 5.97 Å². The second-order valence-corrected chi connectivity index (χ2v) is 2.13. The summed E-state index contributed by atoms with van der Waals surface area (Å²) in [6, 6.07) is 0. The molecule has 0 bridgehead atoms. The Morgan fingerprint density at radius 2 is 2.25 bits per heavy atom. The molecule has 0 unspecified atom stereocenters. The molecule has 0 aromatic heterocycles. The van der Waals surface area contributed by atoms with Gasteiger partial charge in [0.2, 0.25) is 17.3 Å². The number of carbonyl (C=O) groups is 2. The Bertz CT molecular complexity index is 329. The monoisotopic (exact) mass is 166 g/mol. The molecule has 0 aromatic rings. The number of hydrogen-bond donors (Lipinski definition) is 1. The Morgan fingerprint density at radius 1 is 1.58 bits per heavy atom. The smallest absolute Gasteiger partial charge is 0.371 e. The van der Waals surface area contributed by atoms with Crippen LogP contribution in [0.2, 0.25) is 0 Å². The van der Waals surface area contributed by atoms with Crippen LogP contribution in [0, 0.1) is 0 Å². The highest BCUT2D eigenvalue weighted by Crippen LogP contribution is 2.10. The number of hydrogen-bond acceptors (Lipinski definition) is 3. The molecule has 1 aliphatic rings. The molecule has 1 N–H and O–H groups in total. The molecule has 62 valence electrons. The van der Waals surface area contributed by atoms with Crippen molar-refractivity contribution < 1.29 is 19.4 Å². The Hall–Kier alpha value is -1.80. The molecule has 1 rings (SSSR count). The molecule has 4 nitrogen and oxygen atoms in total. The Balaban J connectivity index is 2.88. The standard InChI is InChI=1S/C8H6O4/c1-5(9)6-3-2-4-7(12-6)8(10)11/h2,4H,1H3,(H,10,11). The summed E-state index contributed by atoms with van der Waals surface area (Å²) < 4.78 is 4.70. The van der Waals surface area contributed by atoms with Gasteiger partial charge < -0.3 is 9.84 Å². The van der Waals surface area contributed by atoms with Crippen LogP contribution in [-0.4, -0.2) is 16.9 Å². The molecule has 12 heavy (non-hydrogen) atoms. The molecular weight excluding hydrogens is 160 g/mol. The van der Waals surface area contributed by atoms with Crippen molar-refractivity contribution in [3.05, 3.63) is 29.4 Å². The summed E-state index contributed by atoms with van der Waals surface area (Å²) >= 11 is 0. The average Bonchev–Trinajstić information content (AvgIpc) is 2.04. The third-order valence-electron chi connectivity index (χ3n) is 1.19. The van der Waals surface area contributed by atoms with E-state index in [0.717, 1.165) is 0 Å². The molecule has 1 heterocycles. The summed E-state index contributed by atoms with van der Waals surface area (Å²) in [7, 11) is 0. The van der Waals surface area contributed by atoms with Crippen molar-refractivity contribution >= 4 is 11.8 Å². The highest BCUT2D eigenvalue weighted by atomic mass is 16.5. The van der Waals surface area contributed by atoms with Crippen molar-refractivity contribution in [2.24, 2.45) is 0 Å². The third kappa shape index (κ3) is 1.62. The minimum absolute atomic E-state index is 0.0742.